The number of benzene rings is 1. The standard InChI is InChI=1S/C12H12BrNOS/c13-10-5-12(16-8-10)7-15-6-9-1-3-11(14)4-2-9/h1-5,8H,6-7,14H2. The van der Waals surface area contributed by atoms with Gasteiger partial charge in [-0.25, -0.2) is 0 Å². The summed E-state index contributed by atoms with van der Waals surface area (Å²) in [5, 5.41) is 2.06. The van der Waals surface area contributed by atoms with E-state index in [-0.39, 0.29) is 0 Å². The highest BCUT2D eigenvalue weighted by molar-refractivity contribution is 9.10. The van der Waals surface area contributed by atoms with Crippen molar-refractivity contribution < 1.29 is 4.74 Å². The van der Waals surface area contributed by atoms with Gasteiger partial charge >= 0.3 is 0 Å². The first-order valence-electron chi connectivity index (χ1n) is 4.89. The average molecular weight is 298 g/mol. The van der Waals surface area contributed by atoms with Crippen molar-refractivity contribution in [3.05, 3.63) is 50.6 Å². The molecule has 4 heteroatoms. The molecule has 2 rings (SSSR count). The van der Waals surface area contributed by atoms with Crippen LogP contribution >= 0.6 is 27.3 Å². The Labute approximate surface area is 107 Å². The van der Waals surface area contributed by atoms with Crippen LogP contribution < -0.4 is 5.73 Å². The van der Waals surface area contributed by atoms with Gasteiger partial charge in [0.25, 0.3) is 0 Å². The van der Waals surface area contributed by atoms with E-state index in [0.29, 0.717) is 13.2 Å². The molecular weight excluding hydrogens is 286 g/mol. The number of nitrogens with two attached hydrogens (primary N) is 1. The van der Waals surface area contributed by atoms with Crippen LogP contribution in [-0.4, -0.2) is 0 Å². The maximum Gasteiger partial charge on any atom is 0.0814 e. The molecular formula is C12H12BrNOS. The Morgan fingerprint density at radius 1 is 1.19 bits per heavy atom. The van der Waals surface area contributed by atoms with Crippen LogP contribution in [0, 0.1) is 0 Å². The van der Waals surface area contributed by atoms with E-state index < -0.39 is 0 Å². The van der Waals surface area contributed by atoms with Crippen molar-refractivity contribution in [3.8, 4) is 0 Å². The summed E-state index contributed by atoms with van der Waals surface area (Å²) in [6, 6.07) is 9.83. The summed E-state index contributed by atoms with van der Waals surface area (Å²) in [5.74, 6) is 0. The molecule has 84 valence electrons. The molecule has 2 N–H and O–H groups in total. The lowest BCUT2D eigenvalue weighted by Gasteiger charge is -2.03. The van der Waals surface area contributed by atoms with E-state index in [9.17, 15) is 0 Å². The summed E-state index contributed by atoms with van der Waals surface area (Å²) >= 11 is 5.11. The molecule has 0 aliphatic carbocycles. The fourth-order valence-electron chi connectivity index (χ4n) is 1.31. The molecule has 0 fully saturated rings. The van der Waals surface area contributed by atoms with Gasteiger partial charge in [0.1, 0.15) is 0 Å². The highest BCUT2D eigenvalue weighted by atomic mass is 79.9. The highest BCUT2D eigenvalue weighted by Crippen LogP contribution is 2.20. The molecule has 0 unspecified atom stereocenters. The summed E-state index contributed by atoms with van der Waals surface area (Å²) in [5.41, 5.74) is 7.53. The number of ether oxygens (including phenoxy) is 1. The molecule has 16 heavy (non-hydrogen) atoms. The van der Waals surface area contributed by atoms with E-state index in [4.69, 9.17) is 10.5 Å². The number of halogens is 1. The van der Waals surface area contributed by atoms with Crippen molar-refractivity contribution in [2.45, 2.75) is 13.2 Å². The lowest BCUT2D eigenvalue weighted by Crippen LogP contribution is -1.93. The van der Waals surface area contributed by atoms with E-state index in [1.54, 1.807) is 11.3 Å². The van der Waals surface area contributed by atoms with Gasteiger partial charge in [0.05, 0.1) is 13.2 Å². The summed E-state index contributed by atoms with van der Waals surface area (Å²) in [7, 11) is 0. The quantitative estimate of drug-likeness (QED) is 0.871. The Morgan fingerprint density at radius 2 is 1.94 bits per heavy atom. The predicted octanol–water partition coefficient (Wildman–Crippen LogP) is 3.81. The monoisotopic (exact) mass is 297 g/mol. The molecule has 0 bridgehead atoms. The Bertz CT molecular complexity index is 452. The van der Waals surface area contributed by atoms with Crippen molar-refractivity contribution in [1.82, 2.24) is 0 Å². The van der Waals surface area contributed by atoms with E-state index in [0.717, 1.165) is 15.7 Å². The Kier molecular flexibility index (Phi) is 3.98. The first-order valence-corrected chi connectivity index (χ1v) is 6.56. The van der Waals surface area contributed by atoms with Gasteiger partial charge < -0.3 is 10.5 Å². The molecule has 1 heterocycles. The number of rotatable bonds is 4. The minimum absolute atomic E-state index is 0.621. The Balaban J connectivity index is 1.82. The zero-order valence-corrected chi connectivity index (χ0v) is 11.1. The Hall–Kier alpha value is -0.840. The van der Waals surface area contributed by atoms with Crippen LogP contribution in [0.3, 0.4) is 0 Å². The van der Waals surface area contributed by atoms with Crippen molar-refractivity contribution in [2.75, 3.05) is 5.73 Å². The number of hydrogen-bond acceptors (Lipinski definition) is 3. The molecule has 1 aromatic heterocycles. The van der Waals surface area contributed by atoms with Crippen LogP contribution in [0.1, 0.15) is 10.4 Å². The average Bonchev–Trinajstić information content (AvgIpc) is 2.67. The number of anilines is 1. The lowest BCUT2D eigenvalue weighted by atomic mass is 10.2. The van der Waals surface area contributed by atoms with E-state index in [1.807, 2.05) is 24.3 Å². The fourth-order valence-corrected chi connectivity index (χ4v) is 2.70. The van der Waals surface area contributed by atoms with Gasteiger partial charge in [0, 0.05) is 20.4 Å². The second-order valence-corrected chi connectivity index (χ2v) is 5.38. The van der Waals surface area contributed by atoms with Crippen molar-refractivity contribution >= 4 is 33.0 Å². The zero-order valence-electron chi connectivity index (χ0n) is 8.65. The van der Waals surface area contributed by atoms with Crippen LogP contribution in [0.4, 0.5) is 5.69 Å². The van der Waals surface area contributed by atoms with Gasteiger partial charge in [-0.05, 0) is 39.7 Å². The summed E-state index contributed by atoms with van der Waals surface area (Å²) in [6.07, 6.45) is 0. The first kappa shape index (κ1) is 11.6. The summed E-state index contributed by atoms with van der Waals surface area (Å²) in [6.45, 7) is 1.27. The minimum atomic E-state index is 0.621. The molecule has 0 aliphatic heterocycles. The van der Waals surface area contributed by atoms with Crippen LogP contribution in [-0.2, 0) is 18.0 Å². The molecule has 0 amide bonds. The minimum Gasteiger partial charge on any atom is -0.399 e. The Morgan fingerprint density at radius 3 is 2.56 bits per heavy atom. The third-order valence-electron chi connectivity index (χ3n) is 2.11. The summed E-state index contributed by atoms with van der Waals surface area (Å²) < 4.78 is 6.72. The smallest absolute Gasteiger partial charge is 0.0814 e. The van der Waals surface area contributed by atoms with Crippen LogP contribution in [0.15, 0.2) is 40.2 Å². The van der Waals surface area contributed by atoms with E-state index in [2.05, 4.69) is 27.4 Å². The van der Waals surface area contributed by atoms with Gasteiger partial charge in [0.2, 0.25) is 0 Å². The van der Waals surface area contributed by atoms with Gasteiger partial charge in [-0.2, -0.15) is 0 Å². The van der Waals surface area contributed by atoms with Gasteiger partial charge in [-0.1, -0.05) is 12.1 Å². The third kappa shape index (κ3) is 3.33. The van der Waals surface area contributed by atoms with E-state index in [1.165, 1.54) is 4.88 Å². The van der Waals surface area contributed by atoms with E-state index >= 15 is 0 Å². The van der Waals surface area contributed by atoms with Gasteiger partial charge in [0.15, 0.2) is 0 Å². The number of hydrogen-bond donors (Lipinski definition) is 1. The maximum absolute atomic E-state index is 5.61. The zero-order chi connectivity index (χ0) is 11.4. The van der Waals surface area contributed by atoms with Gasteiger partial charge in [-0.3, -0.25) is 0 Å². The number of nitrogen functional groups attached to an aromatic ring is 1. The third-order valence-corrected chi connectivity index (χ3v) is 3.79. The molecule has 0 saturated heterocycles. The van der Waals surface area contributed by atoms with Crippen molar-refractivity contribution in [2.24, 2.45) is 0 Å². The molecule has 0 aliphatic rings. The molecule has 0 radical (unpaired) electrons. The molecule has 1 aromatic carbocycles. The topological polar surface area (TPSA) is 35.2 Å². The van der Waals surface area contributed by atoms with Crippen LogP contribution in [0.25, 0.3) is 0 Å². The largest absolute Gasteiger partial charge is 0.399 e. The van der Waals surface area contributed by atoms with Crippen LogP contribution in [0.2, 0.25) is 0 Å². The SMILES string of the molecule is Nc1ccc(COCc2cc(Br)cs2)cc1. The van der Waals surface area contributed by atoms with Crippen molar-refractivity contribution in [3.63, 3.8) is 0 Å². The predicted molar refractivity (Wildman–Crippen MR) is 71.4 cm³/mol. The molecule has 2 aromatic rings. The normalized spacial score (nSPS) is 10.6. The van der Waals surface area contributed by atoms with Gasteiger partial charge in [-0.15, -0.1) is 11.3 Å². The van der Waals surface area contributed by atoms with Crippen LogP contribution in [0.5, 0.6) is 0 Å². The molecule has 0 saturated carbocycles. The molecule has 0 atom stereocenters. The second-order valence-electron chi connectivity index (χ2n) is 3.47. The lowest BCUT2D eigenvalue weighted by molar-refractivity contribution is 0.109. The fraction of sp³-hybridized carbons (Fsp3) is 0.167. The maximum atomic E-state index is 5.61. The summed E-state index contributed by atoms with van der Waals surface area (Å²) in [4.78, 5) is 1.22. The second kappa shape index (κ2) is 5.48. The first-order chi connectivity index (χ1) is 7.74. The van der Waals surface area contributed by atoms with Crippen molar-refractivity contribution in [1.29, 1.82) is 0 Å². The number of thiophene rings is 1. The molecule has 2 nitrogen and oxygen atoms in total. The molecule has 0 spiro atoms. The highest BCUT2D eigenvalue weighted by Gasteiger charge is 1.98.